The normalized spacial score (nSPS) is 28.4. The first-order chi connectivity index (χ1) is 9.47. The molecule has 0 bridgehead atoms. The summed E-state index contributed by atoms with van der Waals surface area (Å²) in [7, 11) is 1.68. The molecule has 0 heterocycles. The minimum absolute atomic E-state index is 0.281. The maximum atomic E-state index is 13.2. The second-order valence-electron chi connectivity index (χ2n) is 5.94. The molecular formula is C16H22BrFO2. The van der Waals surface area contributed by atoms with Crippen molar-refractivity contribution in [1.82, 2.24) is 0 Å². The van der Waals surface area contributed by atoms with Crippen LogP contribution in [-0.4, -0.2) is 23.9 Å². The van der Waals surface area contributed by atoms with Gasteiger partial charge in [0.25, 0.3) is 0 Å². The van der Waals surface area contributed by atoms with Crippen molar-refractivity contribution in [2.75, 3.05) is 7.11 Å². The van der Waals surface area contributed by atoms with Crippen LogP contribution < -0.4 is 0 Å². The van der Waals surface area contributed by atoms with Crippen molar-refractivity contribution in [2.24, 2.45) is 5.92 Å². The topological polar surface area (TPSA) is 29.5 Å². The second kappa shape index (κ2) is 6.54. The molecule has 1 aliphatic carbocycles. The van der Waals surface area contributed by atoms with E-state index in [0.717, 1.165) is 24.8 Å². The molecular weight excluding hydrogens is 323 g/mol. The number of hydrogen-bond acceptors (Lipinski definition) is 2. The zero-order valence-electron chi connectivity index (χ0n) is 12.0. The average molecular weight is 345 g/mol. The van der Waals surface area contributed by atoms with Gasteiger partial charge in [0.1, 0.15) is 5.82 Å². The first-order valence-corrected chi connectivity index (χ1v) is 7.93. The molecule has 0 aromatic heterocycles. The summed E-state index contributed by atoms with van der Waals surface area (Å²) in [6.45, 7) is 2.20. The van der Waals surface area contributed by atoms with E-state index in [1.807, 2.05) is 0 Å². The van der Waals surface area contributed by atoms with E-state index in [0.29, 0.717) is 16.8 Å². The molecule has 1 saturated carbocycles. The minimum atomic E-state index is -0.562. The van der Waals surface area contributed by atoms with Crippen LogP contribution in [0.15, 0.2) is 22.7 Å². The van der Waals surface area contributed by atoms with Crippen LogP contribution in [0.5, 0.6) is 0 Å². The highest BCUT2D eigenvalue weighted by Crippen LogP contribution is 2.38. The van der Waals surface area contributed by atoms with Gasteiger partial charge in [0.2, 0.25) is 0 Å². The SMILES string of the molecule is COC1(C(O)Cc2ccc(F)c(Br)c2)CCCC(C)C1. The maximum Gasteiger partial charge on any atom is 0.137 e. The molecule has 0 spiro atoms. The fourth-order valence-electron chi connectivity index (χ4n) is 3.24. The third-order valence-electron chi connectivity index (χ3n) is 4.42. The van der Waals surface area contributed by atoms with Crippen molar-refractivity contribution < 1.29 is 14.2 Å². The van der Waals surface area contributed by atoms with Crippen LogP contribution >= 0.6 is 15.9 Å². The molecule has 0 saturated heterocycles. The van der Waals surface area contributed by atoms with Crippen LogP contribution in [0.4, 0.5) is 4.39 Å². The molecule has 2 rings (SSSR count). The first-order valence-electron chi connectivity index (χ1n) is 7.14. The highest BCUT2D eigenvalue weighted by molar-refractivity contribution is 9.10. The number of aliphatic hydroxyl groups excluding tert-OH is 1. The quantitative estimate of drug-likeness (QED) is 0.891. The Balaban J connectivity index is 2.12. The van der Waals surface area contributed by atoms with Gasteiger partial charge in [-0.15, -0.1) is 0 Å². The van der Waals surface area contributed by atoms with E-state index in [1.165, 1.54) is 12.5 Å². The molecule has 1 fully saturated rings. The molecule has 1 aliphatic rings. The minimum Gasteiger partial charge on any atom is -0.390 e. The smallest absolute Gasteiger partial charge is 0.137 e. The van der Waals surface area contributed by atoms with E-state index in [9.17, 15) is 9.50 Å². The summed E-state index contributed by atoms with van der Waals surface area (Å²) in [5, 5.41) is 10.6. The highest BCUT2D eigenvalue weighted by atomic mass is 79.9. The molecule has 1 aromatic carbocycles. The second-order valence-corrected chi connectivity index (χ2v) is 6.79. The van der Waals surface area contributed by atoms with Crippen molar-refractivity contribution in [3.05, 3.63) is 34.1 Å². The maximum absolute atomic E-state index is 13.2. The lowest BCUT2D eigenvalue weighted by Crippen LogP contribution is -2.48. The molecule has 0 radical (unpaired) electrons. The molecule has 4 heteroatoms. The predicted octanol–water partition coefficient (Wildman–Crippen LogP) is 4.09. The van der Waals surface area contributed by atoms with Crippen molar-refractivity contribution >= 4 is 15.9 Å². The lowest BCUT2D eigenvalue weighted by molar-refractivity contribution is -0.131. The van der Waals surface area contributed by atoms with Gasteiger partial charge in [-0.3, -0.25) is 0 Å². The molecule has 3 atom stereocenters. The van der Waals surface area contributed by atoms with Gasteiger partial charge < -0.3 is 9.84 Å². The summed E-state index contributed by atoms with van der Waals surface area (Å²) in [6.07, 6.45) is 3.97. The summed E-state index contributed by atoms with van der Waals surface area (Å²) in [5.74, 6) is 0.286. The first kappa shape index (κ1) is 15.9. The molecule has 112 valence electrons. The van der Waals surface area contributed by atoms with E-state index < -0.39 is 11.7 Å². The van der Waals surface area contributed by atoms with Crippen molar-refractivity contribution in [1.29, 1.82) is 0 Å². The van der Waals surface area contributed by atoms with Gasteiger partial charge in [-0.1, -0.05) is 25.8 Å². The monoisotopic (exact) mass is 344 g/mol. The zero-order valence-corrected chi connectivity index (χ0v) is 13.6. The molecule has 3 unspecified atom stereocenters. The number of hydrogen-bond donors (Lipinski definition) is 1. The number of ether oxygens (including phenoxy) is 1. The standard InChI is InChI=1S/C16H22BrFO2/c1-11-4-3-7-16(10-11,20-2)15(19)9-12-5-6-14(18)13(17)8-12/h5-6,8,11,15,19H,3-4,7,9-10H2,1-2H3. The fraction of sp³-hybridized carbons (Fsp3) is 0.625. The van der Waals surface area contributed by atoms with Crippen LogP contribution in [0.25, 0.3) is 0 Å². The Morgan fingerprint density at radius 1 is 1.55 bits per heavy atom. The number of rotatable bonds is 4. The van der Waals surface area contributed by atoms with Crippen LogP contribution in [-0.2, 0) is 11.2 Å². The Morgan fingerprint density at radius 3 is 2.90 bits per heavy atom. The molecule has 20 heavy (non-hydrogen) atoms. The van der Waals surface area contributed by atoms with Crippen LogP contribution in [0, 0.1) is 11.7 Å². The van der Waals surface area contributed by atoms with Gasteiger partial charge in [0.05, 0.1) is 16.2 Å². The van der Waals surface area contributed by atoms with E-state index in [2.05, 4.69) is 22.9 Å². The van der Waals surface area contributed by atoms with E-state index in [4.69, 9.17) is 4.74 Å². The average Bonchev–Trinajstić information content (AvgIpc) is 2.42. The van der Waals surface area contributed by atoms with Crippen LogP contribution in [0.3, 0.4) is 0 Å². The van der Waals surface area contributed by atoms with Crippen LogP contribution in [0.2, 0.25) is 0 Å². The van der Waals surface area contributed by atoms with Gasteiger partial charge >= 0.3 is 0 Å². The van der Waals surface area contributed by atoms with Gasteiger partial charge in [-0.25, -0.2) is 4.39 Å². The largest absolute Gasteiger partial charge is 0.390 e. The van der Waals surface area contributed by atoms with Crippen LogP contribution in [0.1, 0.15) is 38.2 Å². The van der Waals surface area contributed by atoms with Crippen molar-refractivity contribution in [3.8, 4) is 0 Å². The fourth-order valence-corrected chi connectivity index (χ4v) is 3.67. The third-order valence-corrected chi connectivity index (χ3v) is 5.03. The number of benzene rings is 1. The Bertz CT molecular complexity index is 466. The molecule has 0 aliphatic heterocycles. The van der Waals surface area contributed by atoms with Crippen molar-refractivity contribution in [2.45, 2.75) is 50.7 Å². The molecule has 0 amide bonds. The van der Waals surface area contributed by atoms with Gasteiger partial charge in [-0.05, 0) is 52.4 Å². The molecule has 1 aromatic rings. The Kier molecular flexibility index (Phi) is 5.21. The summed E-state index contributed by atoms with van der Waals surface area (Å²) in [5.41, 5.74) is 0.457. The van der Waals surface area contributed by atoms with Gasteiger partial charge in [0, 0.05) is 13.5 Å². The lowest BCUT2D eigenvalue weighted by Gasteiger charge is -2.42. The highest BCUT2D eigenvalue weighted by Gasteiger charge is 2.41. The predicted molar refractivity (Wildman–Crippen MR) is 81.2 cm³/mol. The summed E-state index contributed by atoms with van der Waals surface area (Å²) in [4.78, 5) is 0. The molecule has 2 nitrogen and oxygen atoms in total. The third kappa shape index (κ3) is 3.41. The van der Waals surface area contributed by atoms with Gasteiger partial charge in [0.15, 0.2) is 0 Å². The summed E-state index contributed by atoms with van der Waals surface area (Å²) < 4.78 is 19.4. The molecule has 1 N–H and O–H groups in total. The van der Waals surface area contributed by atoms with Gasteiger partial charge in [-0.2, -0.15) is 0 Å². The van der Waals surface area contributed by atoms with E-state index in [1.54, 1.807) is 19.2 Å². The Hall–Kier alpha value is -0.450. The number of methoxy groups -OCH3 is 1. The number of aliphatic hydroxyl groups is 1. The summed E-state index contributed by atoms with van der Waals surface area (Å²) in [6, 6.07) is 4.88. The van der Waals surface area contributed by atoms with E-state index in [-0.39, 0.29) is 5.82 Å². The van der Waals surface area contributed by atoms with E-state index >= 15 is 0 Å². The Morgan fingerprint density at radius 2 is 2.30 bits per heavy atom. The lowest BCUT2D eigenvalue weighted by atomic mass is 9.74. The van der Waals surface area contributed by atoms with Crippen molar-refractivity contribution in [3.63, 3.8) is 0 Å². The summed E-state index contributed by atoms with van der Waals surface area (Å²) >= 11 is 3.18. The number of halogens is 2. The zero-order chi connectivity index (χ0) is 14.8. The Labute approximate surface area is 128 Å².